The summed E-state index contributed by atoms with van der Waals surface area (Å²) in [6.45, 7) is 5.47. The van der Waals surface area contributed by atoms with Gasteiger partial charge in [-0.15, -0.1) is 0 Å². The molecule has 1 N–H and O–H groups in total. The van der Waals surface area contributed by atoms with Gasteiger partial charge in [0.1, 0.15) is 11.5 Å². The highest BCUT2D eigenvalue weighted by molar-refractivity contribution is 5.89. The van der Waals surface area contributed by atoms with E-state index in [4.69, 9.17) is 14.2 Å². The summed E-state index contributed by atoms with van der Waals surface area (Å²) < 4.78 is 15.2. The highest BCUT2D eigenvalue weighted by atomic mass is 16.5. The first-order chi connectivity index (χ1) is 11.3. The number of hydrogen-bond acceptors (Lipinski definition) is 5. The molecular formula is C18H25NO5. The molecule has 0 spiro atoms. The lowest BCUT2D eigenvalue weighted by Crippen LogP contribution is -2.44. The monoisotopic (exact) mass is 335 g/mol. The van der Waals surface area contributed by atoms with E-state index >= 15 is 0 Å². The maximum atomic E-state index is 11.7. The molecule has 0 aliphatic rings. The Bertz CT molecular complexity index is 585. The van der Waals surface area contributed by atoms with Gasteiger partial charge in [-0.2, -0.15) is 0 Å². The first-order valence-electron chi connectivity index (χ1n) is 7.68. The number of carbonyl (C=O) groups excluding carboxylic acids is 2. The molecular weight excluding hydrogens is 310 g/mol. The van der Waals surface area contributed by atoms with Crippen molar-refractivity contribution < 1.29 is 23.8 Å². The van der Waals surface area contributed by atoms with Gasteiger partial charge < -0.3 is 19.5 Å². The highest BCUT2D eigenvalue weighted by Gasteiger charge is 2.18. The summed E-state index contributed by atoms with van der Waals surface area (Å²) >= 11 is 0. The minimum atomic E-state index is -0.596. The van der Waals surface area contributed by atoms with E-state index in [0.717, 1.165) is 12.0 Å². The molecule has 6 nitrogen and oxygen atoms in total. The highest BCUT2D eigenvalue weighted by Crippen LogP contribution is 2.23. The molecule has 0 atom stereocenters. The minimum absolute atomic E-state index is 0.311. The molecule has 1 amide bonds. The van der Waals surface area contributed by atoms with Gasteiger partial charge in [0.2, 0.25) is 0 Å². The van der Waals surface area contributed by atoms with Gasteiger partial charge in [-0.05, 0) is 44.0 Å². The SMILES string of the molecule is CCC(C)(C)NC(=O)COC(=O)/C=C/c1cc(OC)cc(OC)c1. The molecule has 0 heterocycles. The Morgan fingerprint density at radius 3 is 2.21 bits per heavy atom. The maximum absolute atomic E-state index is 11.7. The van der Waals surface area contributed by atoms with E-state index in [2.05, 4.69) is 5.32 Å². The van der Waals surface area contributed by atoms with Gasteiger partial charge in [-0.1, -0.05) is 6.92 Å². The number of nitrogens with one attached hydrogen (secondary N) is 1. The van der Waals surface area contributed by atoms with Crippen LogP contribution in [0.1, 0.15) is 32.8 Å². The number of benzene rings is 1. The quantitative estimate of drug-likeness (QED) is 0.584. The molecule has 132 valence electrons. The van der Waals surface area contributed by atoms with Crippen molar-refractivity contribution in [2.45, 2.75) is 32.7 Å². The third-order valence-electron chi connectivity index (χ3n) is 3.49. The first kappa shape index (κ1) is 19.5. The predicted molar refractivity (Wildman–Crippen MR) is 92.1 cm³/mol. The van der Waals surface area contributed by atoms with Gasteiger partial charge >= 0.3 is 5.97 Å². The summed E-state index contributed by atoms with van der Waals surface area (Å²) in [5.41, 5.74) is 0.399. The Morgan fingerprint density at radius 1 is 1.12 bits per heavy atom. The van der Waals surface area contributed by atoms with Gasteiger partial charge in [0.05, 0.1) is 14.2 Å². The lowest BCUT2D eigenvalue weighted by Gasteiger charge is -2.24. The smallest absolute Gasteiger partial charge is 0.331 e. The average Bonchev–Trinajstić information content (AvgIpc) is 2.57. The first-order valence-corrected chi connectivity index (χ1v) is 7.68. The number of methoxy groups -OCH3 is 2. The van der Waals surface area contributed by atoms with Crippen LogP contribution in [0.2, 0.25) is 0 Å². The molecule has 1 aromatic carbocycles. The Kier molecular flexibility index (Phi) is 7.30. The van der Waals surface area contributed by atoms with Crippen molar-refractivity contribution in [1.29, 1.82) is 0 Å². The maximum Gasteiger partial charge on any atom is 0.331 e. The van der Waals surface area contributed by atoms with Crippen LogP contribution < -0.4 is 14.8 Å². The molecule has 0 fully saturated rings. The van der Waals surface area contributed by atoms with Crippen molar-refractivity contribution in [3.8, 4) is 11.5 Å². The normalized spacial score (nSPS) is 11.2. The van der Waals surface area contributed by atoms with Crippen LogP contribution in [0.25, 0.3) is 6.08 Å². The van der Waals surface area contributed by atoms with Crippen molar-refractivity contribution in [3.05, 3.63) is 29.8 Å². The number of hydrogen-bond donors (Lipinski definition) is 1. The second-order valence-electron chi connectivity index (χ2n) is 5.87. The van der Waals surface area contributed by atoms with Crippen molar-refractivity contribution in [1.82, 2.24) is 5.32 Å². The van der Waals surface area contributed by atoms with E-state index in [1.807, 2.05) is 20.8 Å². The van der Waals surface area contributed by atoms with Gasteiger partial charge in [0.15, 0.2) is 6.61 Å². The predicted octanol–water partition coefficient (Wildman–Crippen LogP) is 2.57. The van der Waals surface area contributed by atoms with Gasteiger partial charge in [-0.25, -0.2) is 4.79 Å². The van der Waals surface area contributed by atoms with Crippen LogP contribution in [0.4, 0.5) is 0 Å². The summed E-state index contributed by atoms with van der Waals surface area (Å²) in [5, 5.41) is 2.79. The molecule has 6 heteroatoms. The minimum Gasteiger partial charge on any atom is -0.497 e. The number of esters is 1. The number of rotatable bonds is 8. The topological polar surface area (TPSA) is 73.9 Å². The zero-order valence-electron chi connectivity index (χ0n) is 14.8. The van der Waals surface area contributed by atoms with Crippen LogP contribution in [-0.2, 0) is 14.3 Å². The molecule has 1 rings (SSSR count). The van der Waals surface area contributed by atoms with E-state index < -0.39 is 5.97 Å². The van der Waals surface area contributed by atoms with Crippen LogP contribution in [0.5, 0.6) is 11.5 Å². The van der Waals surface area contributed by atoms with Crippen molar-refractivity contribution in [3.63, 3.8) is 0 Å². The van der Waals surface area contributed by atoms with Crippen LogP contribution in [0.3, 0.4) is 0 Å². The summed E-state index contributed by atoms with van der Waals surface area (Å²) in [7, 11) is 3.10. The molecule has 0 aliphatic heterocycles. The van der Waals surface area contributed by atoms with E-state index in [0.29, 0.717) is 11.5 Å². The lowest BCUT2D eigenvalue weighted by atomic mass is 10.0. The van der Waals surface area contributed by atoms with E-state index in [9.17, 15) is 9.59 Å². The summed E-state index contributed by atoms with van der Waals surface area (Å²) in [5.74, 6) is 0.306. The number of carbonyl (C=O) groups is 2. The zero-order chi connectivity index (χ0) is 18.2. The molecule has 0 unspecified atom stereocenters. The summed E-state index contributed by atoms with van der Waals surface area (Å²) in [6, 6.07) is 5.24. The fraction of sp³-hybridized carbons (Fsp3) is 0.444. The van der Waals surface area contributed by atoms with Crippen molar-refractivity contribution in [2.75, 3.05) is 20.8 Å². The molecule has 0 radical (unpaired) electrons. The number of amides is 1. The van der Waals surface area contributed by atoms with Crippen LogP contribution in [-0.4, -0.2) is 38.2 Å². The third kappa shape index (κ3) is 6.73. The van der Waals surface area contributed by atoms with E-state index in [1.165, 1.54) is 6.08 Å². The van der Waals surface area contributed by atoms with Gasteiger partial charge in [0, 0.05) is 17.7 Å². The van der Waals surface area contributed by atoms with Gasteiger partial charge in [0.25, 0.3) is 5.91 Å². The standard InChI is InChI=1S/C18H25NO5/c1-6-18(2,3)19-16(20)12-24-17(21)8-7-13-9-14(22-4)11-15(10-13)23-5/h7-11H,6,12H2,1-5H3,(H,19,20)/b8-7+. The average molecular weight is 335 g/mol. The third-order valence-corrected chi connectivity index (χ3v) is 3.49. The molecule has 24 heavy (non-hydrogen) atoms. The zero-order valence-corrected chi connectivity index (χ0v) is 14.8. The van der Waals surface area contributed by atoms with Gasteiger partial charge in [-0.3, -0.25) is 4.79 Å². The molecule has 0 saturated carbocycles. The van der Waals surface area contributed by atoms with E-state index in [1.54, 1.807) is 38.5 Å². The molecule has 1 aromatic rings. The molecule has 0 bridgehead atoms. The summed E-state index contributed by atoms with van der Waals surface area (Å²) in [6.07, 6.45) is 3.61. The Labute approximate surface area is 142 Å². The fourth-order valence-corrected chi connectivity index (χ4v) is 1.78. The molecule has 0 aliphatic carbocycles. The number of ether oxygens (including phenoxy) is 3. The second-order valence-corrected chi connectivity index (χ2v) is 5.87. The summed E-state index contributed by atoms with van der Waals surface area (Å²) in [4.78, 5) is 23.4. The Hall–Kier alpha value is -2.50. The second kappa shape index (κ2) is 8.96. The largest absolute Gasteiger partial charge is 0.497 e. The van der Waals surface area contributed by atoms with E-state index in [-0.39, 0.29) is 18.1 Å². The molecule has 0 aromatic heterocycles. The van der Waals surface area contributed by atoms with Crippen molar-refractivity contribution >= 4 is 18.0 Å². The van der Waals surface area contributed by atoms with Crippen molar-refractivity contribution in [2.24, 2.45) is 0 Å². The van der Waals surface area contributed by atoms with Crippen LogP contribution >= 0.6 is 0 Å². The Morgan fingerprint density at radius 2 is 1.71 bits per heavy atom. The Balaban J connectivity index is 2.59. The molecule has 0 saturated heterocycles. The lowest BCUT2D eigenvalue weighted by molar-refractivity contribution is -0.144. The van der Waals surface area contributed by atoms with Crippen LogP contribution in [0, 0.1) is 0 Å². The fourth-order valence-electron chi connectivity index (χ4n) is 1.78. The van der Waals surface area contributed by atoms with Crippen LogP contribution in [0.15, 0.2) is 24.3 Å².